The predicted octanol–water partition coefficient (Wildman–Crippen LogP) is 6.10. The molecule has 3 unspecified atom stereocenters. The largest absolute Gasteiger partial charge is 0.493 e. The van der Waals surface area contributed by atoms with Crippen molar-refractivity contribution in [2.45, 2.75) is 65.3 Å². The van der Waals surface area contributed by atoms with E-state index in [0.717, 1.165) is 24.0 Å². The van der Waals surface area contributed by atoms with Crippen molar-refractivity contribution in [1.82, 2.24) is 0 Å². The maximum atomic E-state index is 13.4. The number of carbonyl (C=O) groups is 1. The summed E-state index contributed by atoms with van der Waals surface area (Å²) in [5.74, 6) is 3.44. The zero-order valence-corrected chi connectivity index (χ0v) is 24.4. The molecule has 2 aromatic carbocycles. The third-order valence-corrected chi connectivity index (χ3v) is 8.49. The molecule has 6 atom stereocenters. The normalized spacial score (nSPS) is 26.8. The van der Waals surface area contributed by atoms with Gasteiger partial charge in [-0.25, -0.2) is 0 Å². The van der Waals surface area contributed by atoms with Crippen LogP contribution in [0, 0.1) is 29.6 Å². The van der Waals surface area contributed by atoms with Gasteiger partial charge in [-0.15, -0.1) is 0 Å². The van der Waals surface area contributed by atoms with E-state index < -0.39 is 6.29 Å². The second-order valence-corrected chi connectivity index (χ2v) is 11.4. The van der Waals surface area contributed by atoms with E-state index in [4.69, 9.17) is 28.4 Å². The summed E-state index contributed by atoms with van der Waals surface area (Å²) in [6, 6.07) is 11.7. The molecule has 39 heavy (non-hydrogen) atoms. The lowest BCUT2D eigenvalue weighted by Gasteiger charge is -2.39. The van der Waals surface area contributed by atoms with E-state index in [1.165, 1.54) is 6.42 Å². The summed E-state index contributed by atoms with van der Waals surface area (Å²) in [6.07, 6.45) is 3.94. The lowest BCUT2D eigenvalue weighted by atomic mass is 9.75. The Balaban J connectivity index is 1.64. The zero-order chi connectivity index (χ0) is 28.1. The van der Waals surface area contributed by atoms with E-state index in [1.807, 2.05) is 36.4 Å². The standard InChI is InChI=1S/C32H44O7/c1-19(2)23-11-8-20(3)14-28(23)38-32-25(16-22-10-13-27(35-5)30(18-22)37-7)24(31(33)39-32)15-21-9-12-26(34-4)29(17-21)36-6/h9-10,12-13,17-20,23-25,28,32H,8,11,14-16H2,1-7H3/t20?,23?,24-,25-,28?,32-/m1/s1. The van der Waals surface area contributed by atoms with Gasteiger partial charge in [0, 0.05) is 5.92 Å². The molecule has 2 fully saturated rings. The minimum atomic E-state index is -0.604. The number of esters is 1. The number of cyclic esters (lactones) is 1. The molecule has 2 aliphatic rings. The van der Waals surface area contributed by atoms with Crippen LogP contribution in [-0.4, -0.2) is 46.8 Å². The smallest absolute Gasteiger partial charge is 0.312 e. The molecule has 1 aliphatic heterocycles. The molecular weight excluding hydrogens is 496 g/mol. The van der Waals surface area contributed by atoms with Gasteiger partial charge in [0.15, 0.2) is 23.0 Å². The molecule has 0 aromatic heterocycles. The monoisotopic (exact) mass is 540 g/mol. The highest BCUT2D eigenvalue weighted by Crippen LogP contribution is 2.42. The Bertz CT molecular complexity index is 1110. The molecule has 7 heteroatoms. The van der Waals surface area contributed by atoms with Crippen LogP contribution in [0.3, 0.4) is 0 Å². The maximum Gasteiger partial charge on any atom is 0.312 e. The maximum absolute atomic E-state index is 13.4. The van der Waals surface area contributed by atoms with Gasteiger partial charge >= 0.3 is 5.97 Å². The summed E-state index contributed by atoms with van der Waals surface area (Å²) in [7, 11) is 6.49. The van der Waals surface area contributed by atoms with Crippen LogP contribution in [0.25, 0.3) is 0 Å². The second kappa shape index (κ2) is 12.9. The first kappa shape index (κ1) is 29.1. The first-order valence-corrected chi connectivity index (χ1v) is 14.1. The quantitative estimate of drug-likeness (QED) is 0.319. The molecule has 214 valence electrons. The van der Waals surface area contributed by atoms with Gasteiger partial charge in [0.05, 0.1) is 40.5 Å². The molecule has 0 radical (unpaired) electrons. The topological polar surface area (TPSA) is 72.5 Å². The summed E-state index contributed by atoms with van der Waals surface area (Å²) in [5.41, 5.74) is 2.03. The highest BCUT2D eigenvalue weighted by Gasteiger charge is 2.47. The van der Waals surface area contributed by atoms with Crippen LogP contribution >= 0.6 is 0 Å². The van der Waals surface area contributed by atoms with E-state index in [0.29, 0.717) is 53.6 Å². The molecule has 0 amide bonds. The van der Waals surface area contributed by atoms with Crippen molar-refractivity contribution >= 4 is 5.97 Å². The Morgan fingerprint density at radius 2 is 1.38 bits per heavy atom. The fraction of sp³-hybridized carbons (Fsp3) is 0.594. The average molecular weight is 541 g/mol. The number of rotatable bonds is 11. The second-order valence-electron chi connectivity index (χ2n) is 11.4. The minimum Gasteiger partial charge on any atom is -0.493 e. The van der Waals surface area contributed by atoms with Crippen molar-refractivity contribution in [3.63, 3.8) is 0 Å². The molecule has 0 N–H and O–H groups in total. The lowest BCUT2D eigenvalue weighted by Crippen LogP contribution is -2.39. The summed E-state index contributed by atoms with van der Waals surface area (Å²) in [4.78, 5) is 13.4. The van der Waals surface area contributed by atoms with Crippen molar-refractivity contribution in [3.8, 4) is 23.0 Å². The van der Waals surface area contributed by atoms with Crippen molar-refractivity contribution < 1.29 is 33.2 Å². The molecule has 1 saturated heterocycles. The number of methoxy groups -OCH3 is 4. The van der Waals surface area contributed by atoms with Crippen molar-refractivity contribution in [3.05, 3.63) is 47.5 Å². The summed E-state index contributed by atoms with van der Waals surface area (Å²) >= 11 is 0. The van der Waals surface area contributed by atoms with Crippen LogP contribution in [0.5, 0.6) is 23.0 Å². The van der Waals surface area contributed by atoms with E-state index in [-0.39, 0.29) is 23.9 Å². The number of carbonyl (C=O) groups excluding carboxylic acids is 1. The Hall–Kier alpha value is -2.93. The van der Waals surface area contributed by atoms with Crippen LogP contribution in [0.15, 0.2) is 36.4 Å². The van der Waals surface area contributed by atoms with Gasteiger partial charge in [0.1, 0.15) is 0 Å². The highest BCUT2D eigenvalue weighted by molar-refractivity contribution is 5.75. The molecule has 0 bridgehead atoms. The summed E-state index contributed by atoms with van der Waals surface area (Å²) in [6.45, 7) is 6.81. The van der Waals surface area contributed by atoms with E-state index >= 15 is 0 Å². The summed E-state index contributed by atoms with van der Waals surface area (Å²) in [5, 5.41) is 0. The molecule has 4 rings (SSSR count). The van der Waals surface area contributed by atoms with Gasteiger partial charge < -0.3 is 28.4 Å². The van der Waals surface area contributed by atoms with Crippen molar-refractivity contribution in [2.24, 2.45) is 29.6 Å². The first-order valence-electron chi connectivity index (χ1n) is 14.1. The molecular formula is C32H44O7. The highest BCUT2D eigenvalue weighted by atomic mass is 16.7. The van der Waals surface area contributed by atoms with Crippen molar-refractivity contribution in [1.29, 1.82) is 0 Å². The Labute approximate surface area is 233 Å². The average Bonchev–Trinajstić information content (AvgIpc) is 3.21. The van der Waals surface area contributed by atoms with Crippen LogP contribution in [0.4, 0.5) is 0 Å². The Kier molecular flexibility index (Phi) is 9.65. The zero-order valence-electron chi connectivity index (χ0n) is 24.4. The first-order chi connectivity index (χ1) is 18.8. The molecule has 1 heterocycles. The lowest BCUT2D eigenvalue weighted by molar-refractivity contribution is -0.195. The SMILES string of the molecule is COc1ccc(C[C@H]2[C@H](OC3CC(C)CCC3C(C)C)OC(=O)[C@@H]2Cc2ccc(OC)c(OC)c2)cc1OC. The predicted molar refractivity (Wildman–Crippen MR) is 150 cm³/mol. The van der Waals surface area contributed by atoms with Gasteiger partial charge in [0.2, 0.25) is 6.29 Å². The van der Waals surface area contributed by atoms with Gasteiger partial charge in [-0.3, -0.25) is 4.79 Å². The molecule has 0 spiro atoms. The number of hydrogen-bond acceptors (Lipinski definition) is 7. The van der Waals surface area contributed by atoms with Crippen LogP contribution in [0.1, 0.15) is 51.2 Å². The van der Waals surface area contributed by atoms with Crippen LogP contribution in [0.2, 0.25) is 0 Å². The number of ether oxygens (including phenoxy) is 6. The van der Waals surface area contributed by atoms with E-state index in [1.54, 1.807) is 28.4 Å². The minimum absolute atomic E-state index is 0.0688. The Morgan fingerprint density at radius 3 is 1.92 bits per heavy atom. The number of hydrogen-bond donors (Lipinski definition) is 0. The molecule has 2 aromatic rings. The third kappa shape index (κ3) is 6.63. The third-order valence-electron chi connectivity index (χ3n) is 8.49. The van der Waals surface area contributed by atoms with Gasteiger partial charge in [0.25, 0.3) is 0 Å². The van der Waals surface area contributed by atoms with Gasteiger partial charge in [-0.1, -0.05) is 39.3 Å². The number of benzene rings is 2. The molecule has 7 nitrogen and oxygen atoms in total. The molecule has 1 saturated carbocycles. The van der Waals surface area contributed by atoms with Crippen molar-refractivity contribution in [2.75, 3.05) is 28.4 Å². The molecule has 1 aliphatic carbocycles. The van der Waals surface area contributed by atoms with Gasteiger partial charge in [-0.05, 0) is 78.8 Å². The fourth-order valence-electron chi connectivity index (χ4n) is 6.24. The van der Waals surface area contributed by atoms with E-state index in [2.05, 4.69) is 20.8 Å². The van der Waals surface area contributed by atoms with Crippen LogP contribution < -0.4 is 18.9 Å². The Morgan fingerprint density at radius 1 is 0.821 bits per heavy atom. The summed E-state index contributed by atoms with van der Waals surface area (Å²) < 4.78 is 34.7. The fourth-order valence-corrected chi connectivity index (χ4v) is 6.24. The van der Waals surface area contributed by atoms with Gasteiger partial charge in [-0.2, -0.15) is 0 Å². The van der Waals surface area contributed by atoms with E-state index in [9.17, 15) is 4.79 Å². The van der Waals surface area contributed by atoms with Crippen LogP contribution in [-0.2, 0) is 27.1 Å².